The molecule has 0 radical (unpaired) electrons. The number of aliphatic hydroxyl groups excluding tert-OH is 2. The largest absolute Gasteiger partial charge is 0.455 e. The molecular formula is C45H54O15. The summed E-state index contributed by atoms with van der Waals surface area (Å²) in [6, 6.07) is 16.5. The van der Waals surface area contributed by atoms with E-state index in [9.17, 15) is 39.3 Å². The maximum Gasteiger partial charge on any atom is 0.348 e. The molecule has 15 nitrogen and oxygen atoms in total. The average Bonchev–Trinajstić information content (AvgIpc) is 3.20. The minimum atomic E-state index is -2.35. The van der Waals surface area contributed by atoms with Crippen LogP contribution in [0.3, 0.4) is 0 Å². The van der Waals surface area contributed by atoms with Crippen molar-refractivity contribution in [1.82, 2.24) is 0 Å². The van der Waals surface area contributed by atoms with Gasteiger partial charge in [0.15, 0.2) is 18.0 Å². The fraction of sp³-hybridized carbons (Fsp3) is 0.556. The molecule has 3 fully saturated rings. The summed E-state index contributed by atoms with van der Waals surface area (Å²) in [6.45, 7) is 9.53. The number of hydrogen-bond donors (Lipinski definition) is 3. The van der Waals surface area contributed by atoms with Crippen LogP contribution in [-0.4, -0.2) is 112 Å². The van der Waals surface area contributed by atoms with E-state index in [0.717, 1.165) is 6.92 Å². The normalized spacial score (nSPS) is 32.6. The number of carbonyl (C=O) groups is 6. The first kappa shape index (κ1) is 44.6. The standard InChI is InChI=1S/C45H54O15/c1-8-15-32(48)55-22-33(49)58-36(24(2)27-16-11-9-12-17-27)41(53)57-29-21-45(54)39(59-40(52)28-18-13-10-14-19-28)37-43(7,38(51)35(50)34(25(29)3)42(45,5)6)30(47)20-31-44(37,23-56-31)60-26(4)46/h9-14,16-19,24,29-31,35-37,39,47,50,54H,8,15,20-23H2,1-7H3/t24-,29-,30-,31+,35+,36+,37-,39-,43+,44-,45-/m0/s1. The lowest BCUT2D eigenvalue weighted by molar-refractivity contribution is -0.346. The molecule has 1 saturated heterocycles. The van der Waals surface area contributed by atoms with E-state index in [1.807, 2.05) is 0 Å². The van der Waals surface area contributed by atoms with Crippen LogP contribution in [0.15, 0.2) is 71.8 Å². The first-order chi connectivity index (χ1) is 28.2. The van der Waals surface area contributed by atoms with E-state index in [-0.39, 0.29) is 36.2 Å². The van der Waals surface area contributed by atoms with Gasteiger partial charge in [-0.2, -0.15) is 0 Å². The Hall–Kier alpha value is -4.96. The van der Waals surface area contributed by atoms with Crippen molar-refractivity contribution >= 4 is 35.6 Å². The van der Waals surface area contributed by atoms with Gasteiger partial charge in [0.2, 0.25) is 6.10 Å². The van der Waals surface area contributed by atoms with Crippen LogP contribution in [0.2, 0.25) is 0 Å². The zero-order chi connectivity index (χ0) is 43.9. The highest BCUT2D eigenvalue weighted by Gasteiger charge is 2.78. The van der Waals surface area contributed by atoms with Crippen LogP contribution < -0.4 is 0 Å². The quantitative estimate of drug-likeness (QED) is 0.158. The summed E-state index contributed by atoms with van der Waals surface area (Å²) < 4.78 is 35.0. The fourth-order valence-electron chi connectivity index (χ4n) is 9.86. The minimum absolute atomic E-state index is 0.0484. The van der Waals surface area contributed by atoms with Crippen molar-refractivity contribution < 1.29 is 72.5 Å². The third-order valence-electron chi connectivity index (χ3n) is 13.3. The highest BCUT2D eigenvalue weighted by molar-refractivity contribution is 5.94. The second-order valence-electron chi connectivity index (χ2n) is 17.1. The van der Waals surface area contributed by atoms with E-state index in [4.69, 9.17) is 28.4 Å². The number of hydrogen-bond acceptors (Lipinski definition) is 15. The molecule has 60 heavy (non-hydrogen) atoms. The number of esters is 5. The number of ketones is 1. The second kappa shape index (κ2) is 16.8. The fourth-order valence-corrected chi connectivity index (χ4v) is 9.86. The third kappa shape index (κ3) is 7.54. The van der Waals surface area contributed by atoms with Gasteiger partial charge in [0.05, 0.1) is 29.6 Å². The molecule has 3 N–H and O–H groups in total. The number of benzene rings is 2. The molecule has 0 aromatic heterocycles. The van der Waals surface area contributed by atoms with Crippen LogP contribution in [0.25, 0.3) is 0 Å². The van der Waals surface area contributed by atoms with Gasteiger partial charge < -0.3 is 43.7 Å². The van der Waals surface area contributed by atoms with Crippen molar-refractivity contribution in [2.75, 3.05) is 13.2 Å². The Labute approximate surface area is 348 Å². The van der Waals surface area contributed by atoms with E-state index in [2.05, 4.69) is 0 Å². The van der Waals surface area contributed by atoms with Gasteiger partial charge in [-0.15, -0.1) is 0 Å². The highest BCUT2D eigenvalue weighted by Crippen LogP contribution is 2.64. The van der Waals surface area contributed by atoms with Crippen molar-refractivity contribution in [3.63, 3.8) is 0 Å². The number of fused-ring (bicyclic) bond motifs is 5. The van der Waals surface area contributed by atoms with Crippen molar-refractivity contribution in [2.24, 2.45) is 16.7 Å². The minimum Gasteiger partial charge on any atom is -0.455 e. The lowest BCUT2D eigenvalue weighted by Gasteiger charge is -2.67. The van der Waals surface area contributed by atoms with E-state index in [1.54, 1.807) is 76.2 Å². The SMILES string of the molecule is CCCC(=O)OCC(=O)O[C@@H](C(=O)O[C@H]1C[C@]2(O)[C@@H](OC(=O)c3ccccc3)[C@@H]3[C@]4(OC(C)=O)CO[C@@H]4C[C@H](O)[C@@]3(C)C(=O)[C@H](O)C(=C1C)C2(C)C)[C@@H](C)c1ccccc1. The molecule has 1 heterocycles. The van der Waals surface area contributed by atoms with Gasteiger partial charge in [-0.05, 0) is 49.1 Å². The summed E-state index contributed by atoms with van der Waals surface area (Å²) in [4.78, 5) is 81.7. The first-order valence-corrected chi connectivity index (χ1v) is 20.3. The van der Waals surface area contributed by atoms with Crippen LogP contribution in [0, 0.1) is 16.7 Å². The van der Waals surface area contributed by atoms with E-state index < -0.39 is 119 Å². The second-order valence-corrected chi connectivity index (χ2v) is 17.1. The lowest BCUT2D eigenvalue weighted by Crippen LogP contribution is -2.81. The molecule has 2 aromatic carbocycles. The van der Waals surface area contributed by atoms with Crippen molar-refractivity contribution in [3.8, 4) is 0 Å². The Balaban J connectivity index is 1.48. The van der Waals surface area contributed by atoms with Gasteiger partial charge in [-0.1, -0.05) is 76.2 Å². The van der Waals surface area contributed by atoms with E-state index in [0.29, 0.717) is 12.0 Å². The molecule has 0 spiro atoms. The maximum atomic E-state index is 15.0. The van der Waals surface area contributed by atoms with Crippen LogP contribution in [0.1, 0.15) is 96.0 Å². The molecule has 4 aliphatic rings. The van der Waals surface area contributed by atoms with Gasteiger partial charge in [0.25, 0.3) is 0 Å². The molecule has 15 heteroatoms. The van der Waals surface area contributed by atoms with Crippen molar-refractivity contribution in [3.05, 3.63) is 82.9 Å². The highest BCUT2D eigenvalue weighted by atomic mass is 16.6. The molecule has 0 amide bonds. The van der Waals surface area contributed by atoms with Crippen LogP contribution in [-0.2, 0) is 52.4 Å². The van der Waals surface area contributed by atoms with Gasteiger partial charge in [-0.3, -0.25) is 14.4 Å². The summed E-state index contributed by atoms with van der Waals surface area (Å²) in [7, 11) is 0. The number of aliphatic hydroxyl groups is 3. The summed E-state index contributed by atoms with van der Waals surface area (Å²) in [5.41, 5.74) is -6.91. The smallest absolute Gasteiger partial charge is 0.348 e. The van der Waals surface area contributed by atoms with Crippen molar-refractivity contribution in [1.29, 1.82) is 0 Å². The topological polar surface area (TPSA) is 218 Å². The maximum absolute atomic E-state index is 15.0. The molecule has 1 aliphatic heterocycles. The first-order valence-electron chi connectivity index (χ1n) is 20.3. The predicted octanol–water partition coefficient (Wildman–Crippen LogP) is 3.69. The Bertz CT molecular complexity index is 2030. The summed E-state index contributed by atoms with van der Waals surface area (Å²) in [6.07, 6.45) is -9.52. The molecule has 0 unspecified atom stereocenters. The number of carbonyl (C=O) groups excluding carboxylic acids is 6. The summed E-state index contributed by atoms with van der Waals surface area (Å²) in [5, 5.41) is 37.6. The van der Waals surface area contributed by atoms with Gasteiger partial charge in [-0.25, -0.2) is 14.4 Å². The van der Waals surface area contributed by atoms with Crippen LogP contribution in [0.5, 0.6) is 0 Å². The predicted molar refractivity (Wildman–Crippen MR) is 210 cm³/mol. The van der Waals surface area contributed by atoms with Gasteiger partial charge in [0, 0.05) is 37.5 Å². The summed E-state index contributed by atoms with van der Waals surface area (Å²) >= 11 is 0. The Kier molecular flexibility index (Phi) is 12.5. The Morgan fingerprint density at radius 3 is 2.15 bits per heavy atom. The molecule has 2 aromatic rings. The summed E-state index contributed by atoms with van der Waals surface area (Å²) in [5.74, 6) is -7.64. The lowest BCUT2D eigenvalue weighted by atomic mass is 9.44. The molecular weight excluding hydrogens is 780 g/mol. The van der Waals surface area contributed by atoms with E-state index >= 15 is 4.79 Å². The molecule has 3 aliphatic carbocycles. The third-order valence-corrected chi connectivity index (χ3v) is 13.3. The van der Waals surface area contributed by atoms with Crippen molar-refractivity contribution in [2.45, 2.75) is 128 Å². The number of ether oxygens (including phenoxy) is 6. The molecule has 11 atom stereocenters. The number of Topliss-reactive ketones (excluding diaryl/α,β-unsaturated/α-hetero) is 1. The Morgan fingerprint density at radius 1 is 0.933 bits per heavy atom. The molecule has 2 saturated carbocycles. The number of rotatable bonds is 12. The van der Waals surface area contributed by atoms with Gasteiger partial charge >= 0.3 is 29.8 Å². The molecule has 2 bridgehead atoms. The molecule has 324 valence electrons. The zero-order valence-corrected chi connectivity index (χ0v) is 34.9. The average molecular weight is 835 g/mol. The zero-order valence-electron chi connectivity index (χ0n) is 34.9. The van der Waals surface area contributed by atoms with Gasteiger partial charge in [0.1, 0.15) is 30.0 Å². The van der Waals surface area contributed by atoms with E-state index in [1.165, 1.54) is 26.0 Å². The molecule has 6 rings (SSSR count). The van der Waals surface area contributed by atoms with Crippen LogP contribution >= 0.6 is 0 Å². The monoisotopic (exact) mass is 834 g/mol. The Morgan fingerprint density at radius 2 is 1.57 bits per heavy atom. The van der Waals surface area contributed by atoms with Crippen LogP contribution in [0.4, 0.5) is 0 Å².